The third-order valence-electron chi connectivity index (χ3n) is 16.9. The largest absolute Gasteiger partial charge is 0.456 e. The molecule has 18 rings (SSSR count). The summed E-state index contributed by atoms with van der Waals surface area (Å²) in [6.07, 6.45) is 0. The maximum Gasteiger partial charge on any atom is 0.162 e. The van der Waals surface area contributed by atoms with Gasteiger partial charge in [-0.2, -0.15) is 0 Å². The molecule has 0 amide bonds. The smallest absolute Gasteiger partial charge is 0.162 e. The average molecular weight is 1230 g/mol. The quantitative estimate of drug-likeness (QED) is 0.160. The number of hydrogen-bond donors (Lipinski definition) is 1. The molecule has 0 atom stereocenters. The van der Waals surface area contributed by atoms with Crippen LogP contribution in [0.25, 0.3) is 140 Å². The van der Waals surface area contributed by atoms with E-state index in [1.54, 1.807) is 6.07 Å². The van der Waals surface area contributed by atoms with Gasteiger partial charge in [-0.15, -0.1) is 0 Å². The number of para-hydroxylation sites is 6. The molecule has 0 aliphatic carbocycles. The van der Waals surface area contributed by atoms with Crippen molar-refractivity contribution in [3.63, 3.8) is 0 Å². The van der Waals surface area contributed by atoms with Gasteiger partial charge in [0.25, 0.3) is 0 Å². The number of halogens is 1. The molecule has 0 saturated carbocycles. The number of H-pyrrole nitrogens is 1. The molecule has 448 valence electrons. The van der Waals surface area contributed by atoms with Gasteiger partial charge < -0.3 is 14.5 Å². The number of nitrogens with zero attached hydrogens (tertiary/aromatic N) is 5. The fourth-order valence-electron chi connectivity index (χ4n) is 12.7. The molecular weight excluding hydrogens is 1170 g/mol. The summed E-state index contributed by atoms with van der Waals surface area (Å²) in [5, 5.41) is 2.79. The molecule has 0 radical (unpaired) electrons. The van der Waals surface area contributed by atoms with Gasteiger partial charge in [0.15, 0.2) is 11.6 Å². The lowest BCUT2D eigenvalue weighted by atomic mass is 9.96. The zero-order valence-corrected chi connectivity index (χ0v) is 50.9. The van der Waals surface area contributed by atoms with E-state index in [0.29, 0.717) is 16.8 Å². The normalized spacial score (nSPS) is 11.3. The molecule has 2 aliphatic heterocycles. The Morgan fingerprint density at radius 3 is 1.23 bits per heavy atom. The van der Waals surface area contributed by atoms with Crippen molar-refractivity contribution >= 4 is 33.4 Å². The SMILES string of the molecule is C.Clc1cc(-c2ccccc2)nc(-c2ccccc2)n1.c1ccc(-c2cc(-n3c4c(c5cccc(-c6ccccc6)c53)-c3ccccc3Oc3ccccc3-4)nc(-c3ccccc3)n2)cc1.c1ccc(-c2cccc3c4c([nH]c23)-c2ccccc2Oc2ccccc2-4)cc1. The first-order chi connectivity index (χ1) is 46.1. The molecule has 0 fully saturated rings. The van der Waals surface area contributed by atoms with Crippen molar-refractivity contribution in [3.8, 4) is 141 Å². The van der Waals surface area contributed by atoms with Gasteiger partial charge in [-0.3, -0.25) is 4.57 Å². The van der Waals surface area contributed by atoms with Crippen LogP contribution in [0.4, 0.5) is 0 Å². The number of aromatic amines is 1. The van der Waals surface area contributed by atoms with Crippen LogP contribution in [-0.2, 0) is 0 Å². The number of aromatic nitrogens is 6. The minimum Gasteiger partial charge on any atom is -0.456 e. The predicted molar refractivity (Wildman–Crippen MR) is 385 cm³/mol. The molecule has 12 aromatic carbocycles. The van der Waals surface area contributed by atoms with Gasteiger partial charge in [0.2, 0.25) is 0 Å². The Morgan fingerprint density at radius 2 is 0.691 bits per heavy atom. The van der Waals surface area contributed by atoms with Crippen LogP contribution in [0.3, 0.4) is 0 Å². The summed E-state index contributed by atoms with van der Waals surface area (Å²) in [4.78, 5) is 23.0. The van der Waals surface area contributed by atoms with Crippen molar-refractivity contribution in [2.45, 2.75) is 7.43 Å². The third kappa shape index (κ3) is 11.0. The molecule has 1 N–H and O–H groups in total. The lowest BCUT2D eigenvalue weighted by Gasteiger charge is -2.17. The van der Waals surface area contributed by atoms with Gasteiger partial charge in [-0.25, -0.2) is 19.9 Å². The summed E-state index contributed by atoms with van der Waals surface area (Å²) in [5.74, 6) is 5.50. The standard InChI is InChI=1S/C42H27N3O.C26H17NO.C16H11ClN2.CH4/c1-4-15-28(16-5-1)31-23-14-24-34-39-32-21-10-12-25-36(32)46-37-26-13-11-22-33(37)41(39)45(40(31)34)38-27-35(29-17-6-2-7-18-29)43-42(44-38)30-19-8-3-9-20-30;1-2-9-17(10-3-1)18-13-8-14-21-24-19-11-4-6-15-22(19)28-23-16-7-5-12-20(23)26(24)27-25(18)21;17-15-11-14(12-7-3-1-4-8-12)18-16(19-15)13-9-5-2-6-10-13;/h1-27H;1-16,27H;1-11H;1H4. The minimum atomic E-state index is 0. The van der Waals surface area contributed by atoms with E-state index in [1.165, 1.54) is 22.1 Å². The van der Waals surface area contributed by atoms with Gasteiger partial charge in [0, 0.05) is 89.7 Å². The minimum absolute atomic E-state index is 0. The Kier molecular flexibility index (Phi) is 15.8. The fourth-order valence-corrected chi connectivity index (χ4v) is 12.9. The van der Waals surface area contributed by atoms with Crippen LogP contribution in [0.1, 0.15) is 7.43 Å². The highest BCUT2D eigenvalue weighted by Crippen LogP contribution is 2.54. The van der Waals surface area contributed by atoms with Crippen molar-refractivity contribution < 1.29 is 9.47 Å². The molecule has 8 nitrogen and oxygen atoms in total. The van der Waals surface area contributed by atoms with Gasteiger partial charge in [-0.1, -0.05) is 298 Å². The van der Waals surface area contributed by atoms with Gasteiger partial charge in [-0.05, 0) is 47.5 Å². The molecule has 6 heterocycles. The first-order valence-corrected chi connectivity index (χ1v) is 31.3. The molecule has 2 aliphatic rings. The summed E-state index contributed by atoms with van der Waals surface area (Å²) in [5.41, 5.74) is 21.3. The molecule has 0 unspecified atom stereocenters. The number of fused-ring (bicyclic) bond motifs is 14. The van der Waals surface area contributed by atoms with Crippen LogP contribution in [0.5, 0.6) is 23.0 Å². The first kappa shape index (κ1) is 58.2. The highest BCUT2D eigenvalue weighted by atomic mass is 35.5. The Hall–Kier alpha value is -12.2. The average Bonchev–Trinajstić information content (AvgIpc) is 1.56. The summed E-state index contributed by atoms with van der Waals surface area (Å²) in [7, 11) is 0. The van der Waals surface area contributed by atoms with E-state index >= 15 is 0 Å². The van der Waals surface area contributed by atoms with E-state index in [1.807, 2.05) is 127 Å². The molecule has 16 aromatic rings. The Morgan fingerprint density at radius 1 is 0.309 bits per heavy atom. The van der Waals surface area contributed by atoms with Gasteiger partial charge in [0.05, 0.1) is 33.8 Å². The van der Waals surface area contributed by atoms with Gasteiger partial charge >= 0.3 is 0 Å². The second kappa shape index (κ2) is 25.6. The van der Waals surface area contributed by atoms with Crippen LogP contribution < -0.4 is 9.47 Å². The van der Waals surface area contributed by atoms with E-state index in [9.17, 15) is 0 Å². The van der Waals surface area contributed by atoms with Crippen LogP contribution in [0.15, 0.2) is 328 Å². The van der Waals surface area contributed by atoms with E-state index in [-0.39, 0.29) is 7.43 Å². The molecule has 0 bridgehead atoms. The Bertz CT molecular complexity index is 5280. The van der Waals surface area contributed by atoms with Crippen LogP contribution in [0.2, 0.25) is 5.15 Å². The maximum atomic E-state index is 6.64. The molecule has 9 heteroatoms. The number of rotatable bonds is 7. The second-order valence-electron chi connectivity index (χ2n) is 22.6. The van der Waals surface area contributed by atoms with Crippen LogP contribution >= 0.6 is 11.6 Å². The first-order valence-electron chi connectivity index (χ1n) is 30.9. The summed E-state index contributed by atoms with van der Waals surface area (Å²) in [6.45, 7) is 0. The number of hydrogen-bond acceptors (Lipinski definition) is 6. The Balaban J connectivity index is 0.000000129. The number of ether oxygens (including phenoxy) is 2. The molecular formula is C85H59ClN6O2. The predicted octanol–water partition coefficient (Wildman–Crippen LogP) is 23.2. The van der Waals surface area contributed by atoms with Crippen LogP contribution in [0, 0.1) is 0 Å². The highest BCUT2D eigenvalue weighted by Gasteiger charge is 2.31. The summed E-state index contributed by atoms with van der Waals surface area (Å²) < 4.78 is 15.3. The van der Waals surface area contributed by atoms with Gasteiger partial charge in [0.1, 0.15) is 34.0 Å². The van der Waals surface area contributed by atoms with Crippen molar-refractivity contribution in [2.75, 3.05) is 0 Å². The monoisotopic (exact) mass is 1230 g/mol. The fraction of sp³-hybridized carbons (Fsp3) is 0.0118. The number of nitrogens with one attached hydrogen (secondary N) is 1. The zero-order valence-electron chi connectivity index (χ0n) is 50.1. The Labute approximate surface area is 550 Å². The molecule has 0 spiro atoms. The molecule has 94 heavy (non-hydrogen) atoms. The maximum absolute atomic E-state index is 6.64. The third-order valence-corrected chi connectivity index (χ3v) is 17.1. The van der Waals surface area contributed by atoms with E-state index < -0.39 is 0 Å². The van der Waals surface area contributed by atoms with Crippen LogP contribution in [-0.4, -0.2) is 29.5 Å². The van der Waals surface area contributed by atoms with Crippen molar-refractivity contribution in [2.24, 2.45) is 0 Å². The van der Waals surface area contributed by atoms with E-state index in [2.05, 4.69) is 214 Å². The number of benzene rings is 12. The zero-order chi connectivity index (χ0) is 62.0. The second-order valence-corrected chi connectivity index (χ2v) is 23.0. The topological polar surface area (TPSA) is 90.7 Å². The van der Waals surface area contributed by atoms with E-state index in [4.69, 9.17) is 31.0 Å². The molecule has 4 aromatic heterocycles. The lowest BCUT2D eigenvalue weighted by molar-refractivity contribution is 0.487. The summed E-state index contributed by atoms with van der Waals surface area (Å²) >= 11 is 6.10. The molecule has 0 saturated heterocycles. The highest BCUT2D eigenvalue weighted by molar-refractivity contribution is 6.29. The van der Waals surface area contributed by atoms with Crippen molar-refractivity contribution in [3.05, 3.63) is 333 Å². The summed E-state index contributed by atoms with van der Waals surface area (Å²) in [6, 6.07) is 112. The van der Waals surface area contributed by atoms with Crippen molar-refractivity contribution in [1.29, 1.82) is 0 Å². The lowest BCUT2D eigenvalue weighted by Crippen LogP contribution is -2.05. The van der Waals surface area contributed by atoms with E-state index in [0.717, 1.165) is 129 Å². The van der Waals surface area contributed by atoms with Crippen molar-refractivity contribution in [1.82, 2.24) is 29.5 Å².